The molecule has 0 aliphatic carbocycles. The molecule has 0 saturated heterocycles. The zero-order valence-electron chi connectivity index (χ0n) is 8.45. The Bertz CT molecular complexity index is 306. The molecule has 0 saturated carbocycles. The number of carbonyl (C=O) groups is 1. The Morgan fingerprint density at radius 2 is 1.93 bits per heavy atom. The molecule has 0 spiro atoms. The second-order valence-corrected chi connectivity index (χ2v) is 4.21. The molecule has 3 heteroatoms. The van der Waals surface area contributed by atoms with Crippen molar-refractivity contribution in [2.75, 3.05) is 5.32 Å². The molecule has 0 bridgehead atoms. The third-order valence-corrected chi connectivity index (χ3v) is 2.04. The zero-order chi connectivity index (χ0) is 10.6. The van der Waals surface area contributed by atoms with E-state index in [-0.39, 0.29) is 5.91 Å². The molecule has 0 radical (unpaired) electrons. The first-order valence-corrected chi connectivity index (χ1v) is 5.11. The fourth-order valence-corrected chi connectivity index (χ4v) is 1.28. The highest BCUT2D eigenvalue weighted by atomic mass is 32.1. The van der Waals surface area contributed by atoms with Crippen LogP contribution in [0.4, 0.5) is 5.69 Å². The summed E-state index contributed by atoms with van der Waals surface area (Å²) in [5.74, 6) is 0.450. The van der Waals surface area contributed by atoms with Gasteiger partial charge in [0.1, 0.15) is 0 Å². The third-order valence-electron chi connectivity index (χ3n) is 1.74. The summed E-state index contributed by atoms with van der Waals surface area (Å²) in [6.45, 7) is 4.05. The number of amides is 1. The number of benzene rings is 1. The maximum atomic E-state index is 11.4. The Morgan fingerprint density at radius 1 is 1.36 bits per heavy atom. The Kier molecular flexibility index (Phi) is 4.01. The van der Waals surface area contributed by atoms with E-state index in [0.717, 1.165) is 10.6 Å². The Balaban J connectivity index is 2.52. The minimum absolute atomic E-state index is 0.0620. The molecule has 0 fully saturated rings. The minimum Gasteiger partial charge on any atom is -0.326 e. The van der Waals surface area contributed by atoms with E-state index in [4.69, 9.17) is 0 Å². The predicted molar refractivity (Wildman–Crippen MR) is 61.8 cm³/mol. The minimum atomic E-state index is 0.0620. The molecule has 0 atom stereocenters. The summed E-state index contributed by atoms with van der Waals surface area (Å²) in [6, 6.07) is 7.41. The maximum absolute atomic E-state index is 11.4. The molecule has 1 aromatic carbocycles. The number of rotatable bonds is 3. The van der Waals surface area contributed by atoms with Gasteiger partial charge in [-0.05, 0) is 30.2 Å². The second-order valence-electron chi connectivity index (χ2n) is 3.69. The molecule has 1 N–H and O–H groups in total. The standard InChI is InChI=1S/C11H15NOS/c1-8(2)7-11(13)12-9-3-5-10(14)6-4-9/h3-6,8,14H,7H2,1-2H3,(H,12,13). The lowest BCUT2D eigenvalue weighted by Crippen LogP contribution is -2.13. The van der Waals surface area contributed by atoms with Crippen LogP contribution in [0, 0.1) is 5.92 Å². The van der Waals surface area contributed by atoms with Crippen LogP contribution in [0.1, 0.15) is 20.3 Å². The summed E-state index contributed by atoms with van der Waals surface area (Å²) in [6.07, 6.45) is 0.558. The van der Waals surface area contributed by atoms with Crippen LogP contribution in [0.2, 0.25) is 0 Å². The summed E-state index contributed by atoms with van der Waals surface area (Å²) < 4.78 is 0. The van der Waals surface area contributed by atoms with Crippen LogP contribution in [0.15, 0.2) is 29.2 Å². The van der Waals surface area contributed by atoms with E-state index < -0.39 is 0 Å². The van der Waals surface area contributed by atoms with Gasteiger partial charge in [0.05, 0.1) is 0 Å². The summed E-state index contributed by atoms with van der Waals surface area (Å²) in [5, 5.41) is 2.83. The molecule has 0 aliphatic heterocycles. The van der Waals surface area contributed by atoms with E-state index in [1.807, 2.05) is 38.1 Å². The first kappa shape index (κ1) is 11.1. The third kappa shape index (κ3) is 3.83. The monoisotopic (exact) mass is 209 g/mol. The zero-order valence-corrected chi connectivity index (χ0v) is 9.34. The Morgan fingerprint density at radius 3 is 2.43 bits per heavy atom. The van der Waals surface area contributed by atoms with Gasteiger partial charge in [0, 0.05) is 17.0 Å². The van der Waals surface area contributed by atoms with Gasteiger partial charge in [0.2, 0.25) is 5.91 Å². The molecular formula is C11H15NOS. The van der Waals surface area contributed by atoms with Crippen molar-refractivity contribution in [3.63, 3.8) is 0 Å². The van der Waals surface area contributed by atoms with Gasteiger partial charge in [-0.15, -0.1) is 12.6 Å². The van der Waals surface area contributed by atoms with E-state index in [9.17, 15) is 4.79 Å². The number of anilines is 1. The molecule has 76 valence electrons. The smallest absolute Gasteiger partial charge is 0.224 e. The van der Waals surface area contributed by atoms with Gasteiger partial charge >= 0.3 is 0 Å². The van der Waals surface area contributed by atoms with Crippen molar-refractivity contribution < 1.29 is 4.79 Å². The molecule has 1 amide bonds. The predicted octanol–water partition coefficient (Wildman–Crippen LogP) is 2.96. The summed E-state index contributed by atoms with van der Waals surface area (Å²) >= 11 is 4.17. The van der Waals surface area contributed by atoms with Crippen molar-refractivity contribution in [2.45, 2.75) is 25.2 Å². The van der Waals surface area contributed by atoms with Crippen LogP contribution < -0.4 is 5.32 Å². The number of carbonyl (C=O) groups excluding carboxylic acids is 1. The lowest BCUT2D eigenvalue weighted by Gasteiger charge is -2.06. The van der Waals surface area contributed by atoms with Crippen LogP contribution in [-0.4, -0.2) is 5.91 Å². The molecule has 0 aromatic heterocycles. The van der Waals surface area contributed by atoms with Crippen molar-refractivity contribution in [1.82, 2.24) is 0 Å². The first-order chi connectivity index (χ1) is 6.58. The van der Waals surface area contributed by atoms with Crippen molar-refractivity contribution in [1.29, 1.82) is 0 Å². The number of thiol groups is 1. The molecule has 1 rings (SSSR count). The van der Waals surface area contributed by atoms with Crippen molar-refractivity contribution >= 4 is 24.2 Å². The highest BCUT2D eigenvalue weighted by Crippen LogP contribution is 2.12. The van der Waals surface area contributed by atoms with E-state index >= 15 is 0 Å². The lowest BCUT2D eigenvalue weighted by atomic mass is 10.1. The van der Waals surface area contributed by atoms with Crippen LogP contribution in [-0.2, 0) is 4.79 Å². The second kappa shape index (κ2) is 5.05. The van der Waals surface area contributed by atoms with Crippen molar-refractivity contribution in [2.24, 2.45) is 5.92 Å². The van der Waals surface area contributed by atoms with Crippen LogP contribution >= 0.6 is 12.6 Å². The molecule has 2 nitrogen and oxygen atoms in total. The number of hydrogen-bond acceptors (Lipinski definition) is 2. The molecule has 1 aromatic rings. The fraction of sp³-hybridized carbons (Fsp3) is 0.364. The average molecular weight is 209 g/mol. The van der Waals surface area contributed by atoms with Gasteiger partial charge in [0.25, 0.3) is 0 Å². The van der Waals surface area contributed by atoms with Crippen LogP contribution in [0.5, 0.6) is 0 Å². The van der Waals surface area contributed by atoms with Crippen LogP contribution in [0.25, 0.3) is 0 Å². The fourth-order valence-electron chi connectivity index (χ4n) is 1.13. The van der Waals surface area contributed by atoms with E-state index in [0.29, 0.717) is 12.3 Å². The van der Waals surface area contributed by atoms with Gasteiger partial charge in [-0.2, -0.15) is 0 Å². The Hall–Kier alpha value is -0.960. The van der Waals surface area contributed by atoms with Crippen molar-refractivity contribution in [3.05, 3.63) is 24.3 Å². The molecular weight excluding hydrogens is 194 g/mol. The topological polar surface area (TPSA) is 29.1 Å². The SMILES string of the molecule is CC(C)CC(=O)Nc1ccc(S)cc1. The normalized spacial score (nSPS) is 10.3. The highest BCUT2D eigenvalue weighted by molar-refractivity contribution is 7.80. The molecule has 14 heavy (non-hydrogen) atoms. The lowest BCUT2D eigenvalue weighted by molar-refractivity contribution is -0.116. The van der Waals surface area contributed by atoms with E-state index in [2.05, 4.69) is 17.9 Å². The van der Waals surface area contributed by atoms with Gasteiger partial charge in [-0.3, -0.25) is 4.79 Å². The Labute approximate surface area is 90.1 Å². The van der Waals surface area contributed by atoms with E-state index in [1.165, 1.54) is 0 Å². The van der Waals surface area contributed by atoms with Gasteiger partial charge < -0.3 is 5.32 Å². The highest BCUT2D eigenvalue weighted by Gasteiger charge is 2.04. The van der Waals surface area contributed by atoms with E-state index in [1.54, 1.807) is 0 Å². The maximum Gasteiger partial charge on any atom is 0.224 e. The van der Waals surface area contributed by atoms with Crippen molar-refractivity contribution in [3.8, 4) is 0 Å². The molecule has 0 aliphatic rings. The summed E-state index contributed by atoms with van der Waals surface area (Å²) in [7, 11) is 0. The number of hydrogen-bond donors (Lipinski definition) is 2. The van der Waals surface area contributed by atoms with Gasteiger partial charge in [-0.1, -0.05) is 13.8 Å². The summed E-state index contributed by atoms with van der Waals surface area (Å²) in [5.41, 5.74) is 0.827. The number of nitrogens with one attached hydrogen (secondary N) is 1. The van der Waals surface area contributed by atoms with Gasteiger partial charge in [-0.25, -0.2) is 0 Å². The molecule has 0 heterocycles. The largest absolute Gasteiger partial charge is 0.326 e. The van der Waals surface area contributed by atoms with Crippen LogP contribution in [0.3, 0.4) is 0 Å². The summed E-state index contributed by atoms with van der Waals surface area (Å²) in [4.78, 5) is 12.3. The first-order valence-electron chi connectivity index (χ1n) is 4.67. The average Bonchev–Trinajstić information content (AvgIpc) is 2.07. The molecule has 0 unspecified atom stereocenters. The quantitative estimate of drug-likeness (QED) is 0.736. The van der Waals surface area contributed by atoms with Gasteiger partial charge in [0.15, 0.2) is 0 Å².